The maximum atomic E-state index is 12.6. The van der Waals surface area contributed by atoms with E-state index in [1.54, 1.807) is 0 Å². The first kappa shape index (κ1) is 17.2. The number of aromatic amines is 1. The van der Waals surface area contributed by atoms with Gasteiger partial charge in [-0.2, -0.15) is 0 Å². The molecule has 2 N–H and O–H groups in total. The molecule has 2 aromatic heterocycles. The van der Waals surface area contributed by atoms with E-state index in [1.165, 1.54) is 21.7 Å². The lowest BCUT2D eigenvalue weighted by Gasteiger charge is -2.16. The minimum atomic E-state index is -0.581. The number of nitrogens with one attached hydrogen (secondary N) is 1. The average molecular weight is 366 g/mol. The van der Waals surface area contributed by atoms with Crippen LogP contribution in [0.3, 0.4) is 0 Å². The van der Waals surface area contributed by atoms with E-state index < -0.39 is 17.4 Å². The number of aliphatic hydroxyl groups is 1. The lowest BCUT2D eigenvalue weighted by atomic mass is 10.2. The van der Waals surface area contributed by atoms with Crippen molar-refractivity contribution in [2.75, 3.05) is 13.1 Å². The topological polar surface area (TPSA) is 108 Å². The van der Waals surface area contributed by atoms with E-state index in [9.17, 15) is 19.5 Å². The van der Waals surface area contributed by atoms with Crippen LogP contribution in [0.5, 0.6) is 0 Å². The SMILES string of the molecule is O=C(c1cnc2c(c1)c(=O)[nH]c(=O)n2Cc1ccccc1)N1CC[C@@H](O)C1. The van der Waals surface area contributed by atoms with Gasteiger partial charge in [-0.05, 0) is 18.1 Å². The van der Waals surface area contributed by atoms with Gasteiger partial charge in [-0.15, -0.1) is 0 Å². The van der Waals surface area contributed by atoms with Crippen LogP contribution in [0.4, 0.5) is 0 Å². The number of pyridine rings is 1. The first-order valence-corrected chi connectivity index (χ1v) is 8.67. The number of rotatable bonds is 3. The number of carbonyl (C=O) groups is 1. The highest BCUT2D eigenvalue weighted by Gasteiger charge is 2.26. The molecule has 1 atom stereocenters. The summed E-state index contributed by atoms with van der Waals surface area (Å²) in [5.41, 5.74) is 0.243. The van der Waals surface area contributed by atoms with Gasteiger partial charge in [0.25, 0.3) is 11.5 Å². The third-order valence-corrected chi connectivity index (χ3v) is 4.71. The molecule has 1 aliphatic rings. The number of aliphatic hydroxyl groups excluding tert-OH is 1. The number of H-pyrrole nitrogens is 1. The Kier molecular flexibility index (Phi) is 4.33. The van der Waals surface area contributed by atoms with Gasteiger partial charge >= 0.3 is 5.69 Å². The molecule has 4 rings (SSSR count). The summed E-state index contributed by atoms with van der Waals surface area (Å²) in [4.78, 5) is 45.2. The second-order valence-corrected chi connectivity index (χ2v) is 6.62. The Bertz CT molecular complexity index is 1120. The highest BCUT2D eigenvalue weighted by molar-refractivity contribution is 5.96. The Morgan fingerprint density at radius 3 is 2.74 bits per heavy atom. The second-order valence-electron chi connectivity index (χ2n) is 6.62. The molecule has 0 spiro atoms. The summed E-state index contributed by atoms with van der Waals surface area (Å²) in [6.45, 7) is 0.980. The third kappa shape index (κ3) is 3.26. The van der Waals surface area contributed by atoms with Crippen LogP contribution in [0.2, 0.25) is 0 Å². The zero-order valence-corrected chi connectivity index (χ0v) is 14.5. The molecule has 3 aromatic rings. The van der Waals surface area contributed by atoms with Crippen LogP contribution in [-0.2, 0) is 6.54 Å². The molecule has 27 heavy (non-hydrogen) atoms. The van der Waals surface area contributed by atoms with Crippen molar-refractivity contribution in [2.45, 2.75) is 19.1 Å². The Morgan fingerprint density at radius 1 is 1.26 bits per heavy atom. The van der Waals surface area contributed by atoms with Crippen LogP contribution in [0, 0.1) is 0 Å². The number of benzene rings is 1. The van der Waals surface area contributed by atoms with Crippen molar-refractivity contribution in [1.29, 1.82) is 0 Å². The zero-order valence-electron chi connectivity index (χ0n) is 14.5. The predicted octanol–water partition coefficient (Wildman–Crippen LogP) is 0.340. The molecule has 3 heterocycles. The molecule has 1 fully saturated rings. The van der Waals surface area contributed by atoms with Crippen LogP contribution in [0.15, 0.2) is 52.2 Å². The number of hydrogen-bond acceptors (Lipinski definition) is 5. The number of amides is 1. The van der Waals surface area contributed by atoms with E-state index in [-0.39, 0.29) is 35.6 Å². The van der Waals surface area contributed by atoms with Crippen molar-refractivity contribution in [3.05, 3.63) is 74.6 Å². The van der Waals surface area contributed by atoms with Gasteiger partial charge in [0, 0.05) is 19.3 Å². The van der Waals surface area contributed by atoms with Crippen molar-refractivity contribution < 1.29 is 9.90 Å². The summed E-state index contributed by atoms with van der Waals surface area (Å²) in [5, 5.41) is 9.79. The van der Waals surface area contributed by atoms with Gasteiger partial charge in [-0.1, -0.05) is 30.3 Å². The molecule has 1 saturated heterocycles. The van der Waals surface area contributed by atoms with Crippen molar-refractivity contribution >= 4 is 16.9 Å². The molecule has 0 radical (unpaired) electrons. The number of likely N-dealkylation sites (tertiary alicyclic amines) is 1. The Hall–Kier alpha value is -3.26. The number of fused-ring (bicyclic) bond motifs is 1. The van der Waals surface area contributed by atoms with Gasteiger partial charge in [0.15, 0.2) is 0 Å². The summed E-state index contributed by atoms with van der Waals surface area (Å²) < 4.78 is 1.37. The van der Waals surface area contributed by atoms with E-state index in [0.717, 1.165) is 5.56 Å². The maximum Gasteiger partial charge on any atom is 0.330 e. The molecule has 1 aliphatic heterocycles. The molecule has 0 unspecified atom stereocenters. The smallest absolute Gasteiger partial charge is 0.330 e. The number of nitrogens with zero attached hydrogens (tertiary/aromatic N) is 3. The number of β-amino-alcohol motifs (C(OH)–C–C–N with tert-alkyl or cyclic N) is 1. The summed E-state index contributed by atoms with van der Waals surface area (Å²) in [6, 6.07) is 10.8. The fraction of sp³-hybridized carbons (Fsp3) is 0.263. The van der Waals surface area contributed by atoms with Gasteiger partial charge in [-0.25, -0.2) is 9.78 Å². The summed E-state index contributed by atoms with van der Waals surface area (Å²) in [5.74, 6) is -0.291. The molecule has 0 saturated carbocycles. The fourth-order valence-electron chi connectivity index (χ4n) is 3.31. The fourth-order valence-corrected chi connectivity index (χ4v) is 3.31. The van der Waals surface area contributed by atoms with Crippen LogP contribution < -0.4 is 11.2 Å². The maximum absolute atomic E-state index is 12.6. The monoisotopic (exact) mass is 366 g/mol. The zero-order chi connectivity index (χ0) is 19.0. The standard InChI is InChI=1S/C19H18N4O4/c24-14-6-7-22(11-14)18(26)13-8-15-16(20-9-13)23(19(27)21-17(15)25)10-12-4-2-1-3-5-12/h1-5,8-9,14,24H,6-7,10-11H2,(H,21,25,27)/t14-/m1/s1. The molecule has 1 amide bonds. The average Bonchev–Trinajstić information content (AvgIpc) is 3.11. The lowest BCUT2D eigenvalue weighted by Crippen LogP contribution is -2.32. The minimum Gasteiger partial charge on any atom is -0.391 e. The van der Waals surface area contributed by atoms with Crippen molar-refractivity contribution in [3.63, 3.8) is 0 Å². The van der Waals surface area contributed by atoms with Crippen LogP contribution in [0.1, 0.15) is 22.3 Å². The number of aromatic nitrogens is 3. The Labute approximate surface area is 153 Å². The van der Waals surface area contributed by atoms with Gasteiger partial charge in [0.1, 0.15) is 5.65 Å². The van der Waals surface area contributed by atoms with Crippen LogP contribution in [0.25, 0.3) is 11.0 Å². The first-order chi connectivity index (χ1) is 13.0. The predicted molar refractivity (Wildman–Crippen MR) is 98.7 cm³/mol. The molecule has 0 aliphatic carbocycles. The normalized spacial score (nSPS) is 16.8. The minimum absolute atomic E-state index is 0.177. The van der Waals surface area contributed by atoms with Crippen molar-refractivity contribution in [3.8, 4) is 0 Å². The largest absolute Gasteiger partial charge is 0.391 e. The highest BCUT2D eigenvalue weighted by Crippen LogP contribution is 2.15. The van der Waals surface area contributed by atoms with Gasteiger partial charge < -0.3 is 10.0 Å². The quantitative estimate of drug-likeness (QED) is 0.695. The van der Waals surface area contributed by atoms with Gasteiger partial charge in [-0.3, -0.25) is 19.1 Å². The Morgan fingerprint density at radius 2 is 2.04 bits per heavy atom. The van der Waals surface area contributed by atoms with E-state index in [0.29, 0.717) is 13.0 Å². The summed E-state index contributed by atoms with van der Waals surface area (Å²) >= 11 is 0. The molecule has 8 nitrogen and oxygen atoms in total. The molecule has 8 heteroatoms. The molecular formula is C19H18N4O4. The molecule has 138 valence electrons. The van der Waals surface area contributed by atoms with Crippen molar-refractivity contribution in [1.82, 2.24) is 19.4 Å². The van der Waals surface area contributed by atoms with Gasteiger partial charge in [0.2, 0.25) is 0 Å². The van der Waals surface area contributed by atoms with Crippen LogP contribution >= 0.6 is 0 Å². The number of carbonyl (C=O) groups excluding carboxylic acids is 1. The second kappa shape index (κ2) is 6.81. The van der Waals surface area contributed by atoms with Gasteiger partial charge in [0.05, 0.1) is 23.6 Å². The summed E-state index contributed by atoms with van der Waals surface area (Å²) in [7, 11) is 0. The molecule has 0 bridgehead atoms. The Balaban J connectivity index is 1.77. The van der Waals surface area contributed by atoms with E-state index in [4.69, 9.17) is 0 Å². The highest BCUT2D eigenvalue weighted by atomic mass is 16.3. The third-order valence-electron chi connectivity index (χ3n) is 4.71. The first-order valence-electron chi connectivity index (χ1n) is 8.67. The molecule has 1 aromatic carbocycles. The lowest BCUT2D eigenvalue weighted by molar-refractivity contribution is 0.0764. The number of hydrogen-bond donors (Lipinski definition) is 2. The van der Waals surface area contributed by atoms with E-state index >= 15 is 0 Å². The van der Waals surface area contributed by atoms with E-state index in [2.05, 4.69) is 9.97 Å². The van der Waals surface area contributed by atoms with Crippen LogP contribution in [-0.4, -0.2) is 49.6 Å². The summed E-state index contributed by atoms with van der Waals surface area (Å²) in [6.07, 6.45) is 1.38. The van der Waals surface area contributed by atoms with E-state index in [1.807, 2.05) is 30.3 Å². The molecular weight excluding hydrogens is 348 g/mol. The van der Waals surface area contributed by atoms with Crippen molar-refractivity contribution in [2.24, 2.45) is 0 Å².